The maximum absolute atomic E-state index is 13.8. The molecule has 1 aliphatic rings. The van der Waals surface area contributed by atoms with Crippen LogP contribution in [0.2, 0.25) is 0 Å². The molecular weight excluding hydrogens is 331 g/mol. The normalized spacial score (nSPS) is 14.5. The van der Waals surface area contributed by atoms with E-state index in [0.717, 1.165) is 17.1 Å². The van der Waals surface area contributed by atoms with Gasteiger partial charge >= 0.3 is 0 Å². The van der Waals surface area contributed by atoms with Gasteiger partial charge in [-0.05, 0) is 17.7 Å². The van der Waals surface area contributed by atoms with Gasteiger partial charge in [0.1, 0.15) is 5.82 Å². The van der Waals surface area contributed by atoms with Gasteiger partial charge in [-0.3, -0.25) is 9.89 Å². The number of anilines is 1. The number of amides is 1. The van der Waals surface area contributed by atoms with Crippen molar-refractivity contribution in [2.24, 2.45) is 0 Å². The Labute approximate surface area is 151 Å². The second kappa shape index (κ2) is 7.00. The quantitative estimate of drug-likeness (QED) is 0.789. The van der Waals surface area contributed by atoms with Crippen LogP contribution in [0, 0.1) is 5.82 Å². The van der Waals surface area contributed by atoms with E-state index in [9.17, 15) is 9.18 Å². The summed E-state index contributed by atoms with van der Waals surface area (Å²) in [7, 11) is 0. The lowest BCUT2D eigenvalue weighted by atomic mass is 10.1. The van der Waals surface area contributed by atoms with Crippen LogP contribution in [-0.4, -0.2) is 47.2 Å². The lowest BCUT2D eigenvalue weighted by Crippen LogP contribution is -2.49. The number of rotatable bonds is 3. The van der Waals surface area contributed by atoms with Crippen molar-refractivity contribution in [2.45, 2.75) is 0 Å². The van der Waals surface area contributed by atoms with E-state index in [1.54, 1.807) is 17.0 Å². The van der Waals surface area contributed by atoms with Gasteiger partial charge in [-0.15, -0.1) is 0 Å². The van der Waals surface area contributed by atoms with E-state index >= 15 is 0 Å². The van der Waals surface area contributed by atoms with Gasteiger partial charge in [-0.25, -0.2) is 4.39 Å². The maximum atomic E-state index is 13.8. The largest absolute Gasteiger partial charge is 0.352 e. The van der Waals surface area contributed by atoms with Gasteiger partial charge in [0, 0.05) is 32.2 Å². The maximum Gasteiger partial charge on any atom is 0.256 e. The van der Waals surface area contributed by atoms with Crippen LogP contribution < -0.4 is 4.90 Å². The van der Waals surface area contributed by atoms with E-state index in [1.807, 2.05) is 36.4 Å². The highest BCUT2D eigenvalue weighted by molar-refractivity contribution is 5.94. The zero-order valence-corrected chi connectivity index (χ0v) is 14.2. The number of nitrogens with one attached hydrogen (secondary N) is 1. The predicted molar refractivity (Wildman–Crippen MR) is 98.5 cm³/mol. The second-order valence-electron chi connectivity index (χ2n) is 6.26. The number of hydrogen-bond acceptors (Lipinski definition) is 3. The molecule has 1 aromatic heterocycles. The third kappa shape index (κ3) is 3.18. The molecule has 2 aromatic carbocycles. The summed E-state index contributed by atoms with van der Waals surface area (Å²) in [6.07, 6.45) is 0. The highest BCUT2D eigenvalue weighted by Gasteiger charge is 2.25. The minimum absolute atomic E-state index is 0.132. The van der Waals surface area contributed by atoms with Crippen molar-refractivity contribution < 1.29 is 9.18 Å². The molecule has 1 fully saturated rings. The molecule has 0 aliphatic carbocycles. The monoisotopic (exact) mass is 350 g/mol. The molecule has 0 saturated carbocycles. The molecule has 3 aromatic rings. The third-order valence-electron chi connectivity index (χ3n) is 4.64. The lowest BCUT2D eigenvalue weighted by molar-refractivity contribution is 0.0742. The molecule has 4 rings (SSSR count). The van der Waals surface area contributed by atoms with Crippen molar-refractivity contribution in [2.75, 3.05) is 31.1 Å². The molecular formula is C20H19FN4O. The Kier molecular flexibility index (Phi) is 4.39. The van der Waals surface area contributed by atoms with Crippen LogP contribution in [0.3, 0.4) is 0 Å². The molecule has 0 bridgehead atoms. The summed E-state index contributed by atoms with van der Waals surface area (Å²) >= 11 is 0. The number of benzene rings is 2. The minimum Gasteiger partial charge on any atom is -0.352 e. The molecule has 2 heterocycles. The van der Waals surface area contributed by atoms with Crippen molar-refractivity contribution in [3.63, 3.8) is 0 Å². The van der Waals surface area contributed by atoms with Crippen LogP contribution in [0.1, 0.15) is 10.4 Å². The van der Waals surface area contributed by atoms with E-state index in [4.69, 9.17) is 0 Å². The number of piperazine rings is 1. The third-order valence-corrected chi connectivity index (χ3v) is 4.64. The summed E-state index contributed by atoms with van der Waals surface area (Å²) in [5.74, 6) is 0.135. The first-order valence-corrected chi connectivity index (χ1v) is 8.62. The van der Waals surface area contributed by atoms with Crippen LogP contribution in [0.5, 0.6) is 0 Å². The fraction of sp³-hybridized carbons (Fsp3) is 0.200. The molecule has 0 spiro atoms. The van der Waals surface area contributed by atoms with E-state index < -0.39 is 5.82 Å². The number of H-pyrrole nitrogens is 1. The Hall–Kier alpha value is -3.15. The molecule has 26 heavy (non-hydrogen) atoms. The second-order valence-corrected chi connectivity index (χ2v) is 6.26. The standard InChI is InChI=1S/C20H19FN4O/c21-17-9-5-4-8-16(17)20(26)25-12-10-24(11-13-25)19-14-18(22-23-19)15-6-2-1-3-7-15/h1-9,14H,10-13H2,(H,22,23). The molecule has 1 saturated heterocycles. The molecule has 0 unspecified atom stereocenters. The van der Waals surface area contributed by atoms with E-state index in [1.165, 1.54) is 12.1 Å². The molecule has 1 N–H and O–H groups in total. The number of aromatic nitrogens is 2. The van der Waals surface area contributed by atoms with Gasteiger partial charge in [0.2, 0.25) is 0 Å². The molecule has 132 valence electrons. The summed E-state index contributed by atoms with van der Waals surface area (Å²) in [4.78, 5) is 16.3. The molecule has 0 radical (unpaired) electrons. The number of carbonyl (C=O) groups excluding carboxylic acids is 1. The average molecular weight is 350 g/mol. The summed E-state index contributed by atoms with van der Waals surface area (Å²) in [5, 5.41) is 7.46. The Morgan fingerprint density at radius 1 is 0.962 bits per heavy atom. The summed E-state index contributed by atoms with van der Waals surface area (Å²) in [6, 6.07) is 18.2. The Bertz CT molecular complexity index is 901. The van der Waals surface area contributed by atoms with E-state index in [0.29, 0.717) is 26.2 Å². The van der Waals surface area contributed by atoms with Crippen LogP contribution in [0.25, 0.3) is 11.3 Å². The minimum atomic E-state index is -0.472. The van der Waals surface area contributed by atoms with Gasteiger partial charge in [0.05, 0.1) is 11.3 Å². The van der Waals surface area contributed by atoms with Crippen LogP contribution >= 0.6 is 0 Å². The fourth-order valence-electron chi connectivity index (χ4n) is 3.18. The first kappa shape index (κ1) is 16.3. The number of halogens is 1. The van der Waals surface area contributed by atoms with Gasteiger partial charge in [-0.2, -0.15) is 5.10 Å². The van der Waals surface area contributed by atoms with Crippen molar-refractivity contribution in [1.29, 1.82) is 0 Å². The van der Waals surface area contributed by atoms with Crippen LogP contribution in [0.4, 0.5) is 10.2 Å². The van der Waals surface area contributed by atoms with Crippen LogP contribution in [0.15, 0.2) is 60.7 Å². The zero-order chi connectivity index (χ0) is 17.9. The van der Waals surface area contributed by atoms with Gasteiger partial charge in [0.25, 0.3) is 5.91 Å². The topological polar surface area (TPSA) is 52.2 Å². The predicted octanol–water partition coefficient (Wildman–Crippen LogP) is 3.18. The van der Waals surface area contributed by atoms with Gasteiger partial charge in [0.15, 0.2) is 5.82 Å². The van der Waals surface area contributed by atoms with Crippen molar-refractivity contribution in [3.8, 4) is 11.3 Å². The number of hydrogen-bond donors (Lipinski definition) is 1. The summed E-state index contributed by atoms with van der Waals surface area (Å²) in [6.45, 7) is 2.42. The fourth-order valence-corrected chi connectivity index (χ4v) is 3.18. The Morgan fingerprint density at radius 3 is 2.38 bits per heavy atom. The van der Waals surface area contributed by atoms with Gasteiger partial charge < -0.3 is 9.80 Å². The van der Waals surface area contributed by atoms with Crippen molar-refractivity contribution >= 4 is 11.7 Å². The number of nitrogens with zero attached hydrogens (tertiary/aromatic N) is 3. The molecule has 1 aliphatic heterocycles. The highest BCUT2D eigenvalue weighted by Crippen LogP contribution is 2.23. The highest BCUT2D eigenvalue weighted by atomic mass is 19.1. The molecule has 6 heteroatoms. The van der Waals surface area contributed by atoms with Crippen molar-refractivity contribution in [1.82, 2.24) is 15.1 Å². The van der Waals surface area contributed by atoms with Crippen molar-refractivity contribution in [3.05, 3.63) is 72.0 Å². The van der Waals surface area contributed by atoms with Crippen LogP contribution in [-0.2, 0) is 0 Å². The first-order valence-electron chi connectivity index (χ1n) is 8.62. The first-order chi connectivity index (χ1) is 12.7. The molecule has 0 atom stereocenters. The SMILES string of the molecule is O=C(c1ccccc1F)N1CCN(c2cc(-c3ccccc3)[nH]n2)CC1. The Morgan fingerprint density at radius 2 is 1.65 bits per heavy atom. The Balaban J connectivity index is 1.42. The molecule has 1 amide bonds. The van der Waals surface area contributed by atoms with E-state index in [2.05, 4.69) is 15.1 Å². The lowest BCUT2D eigenvalue weighted by Gasteiger charge is -2.34. The number of carbonyl (C=O) groups is 1. The smallest absolute Gasteiger partial charge is 0.256 e. The summed E-state index contributed by atoms with van der Waals surface area (Å²) < 4.78 is 13.8. The van der Waals surface area contributed by atoms with E-state index in [-0.39, 0.29) is 11.5 Å². The zero-order valence-electron chi connectivity index (χ0n) is 14.2. The summed E-state index contributed by atoms with van der Waals surface area (Å²) in [5.41, 5.74) is 2.18. The number of aromatic amines is 1. The van der Waals surface area contributed by atoms with Gasteiger partial charge in [-0.1, -0.05) is 42.5 Å². The average Bonchev–Trinajstić information content (AvgIpc) is 3.19. The molecule has 5 nitrogen and oxygen atoms in total.